The van der Waals surface area contributed by atoms with Gasteiger partial charge < -0.3 is 4.74 Å². The Kier molecular flexibility index (Phi) is 4.55. The molecule has 82 valence electrons. The van der Waals surface area contributed by atoms with Crippen molar-refractivity contribution >= 4 is 5.78 Å². The third-order valence-corrected chi connectivity index (χ3v) is 2.89. The topological polar surface area (TPSA) is 29.5 Å². The average Bonchev–Trinajstić information content (AvgIpc) is 2.52. The summed E-state index contributed by atoms with van der Waals surface area (Å²) < 4.78 is 5.06. The molecule has 0 aromatic carbocycles. The smallest absolute Gasteiger partial charge is 0.149 e. The predicted octanol–water partition coefficient (Wildman–Crippen LogP) is 1.46. The molecule has 0 amide bonds. The first-order chi connectivity index (χ1) is 6.66. The van der Waals surface area contributed by atoms with Crippen molar-refractivity contribution in [1.82, 2.24) is 4.90 Å². The Balaban J connectivity index is 2.52. The van der Waals surface area contributed by atoms with Gasteiger partial charge in [0.1, 0.15) is 5.78 Å². The Bertz CT molecular complexity index is 192. The molecule has 1 atom stereocenters. The molecule has 1 aliphatic rings. The first-order valence-corrected chi connectivity index (χ1v) is 5.44. The van der Waals surface area contributed by atoms with Crippen molar-refractivity contribution in [3.8, 4) is 0 Å². The summed E-state index contributed by atoms with van der Waals surface area (Å²) in [7, 11) is 1.70. The lowest BCUT2D eigenvalue weighted by Crippen LogP contribution is -2.44. The average molecular weight is 199 g/mol. The minimum absolute atomic E-state index is 0.158. The molecule has 0 aliphatic heterocycles. The minimum Gasteiger partial charge on any atom is -0.383 e. The number of ketones is 1. The zero-order valence-corrected chi connectivity index (χ0v) is 9.45. The molecule has 1 saturated carbocycles. The fourth-order valence-electron chi connectivity index (χ4n) is 2.12. The van der Waals surface area contributed by atoms with E-state index >= 15 is 0 Å². The number of carbonyl (C=O) groups excluding carboxylic acids is 1. The zero-order chi connectivity index (χ0) is 10.6. The highest BCUT2D eigenvalue weighted by atomic mass is 16.5. The normalized spacial score (nSPS) is 22.6. The largest absolute Gasteiger partial charge is 0.383 e. The maximum Gasteiger partial charge on any atom is 0.149 e. The molecule has 1 unspecified atom stereocenters. The summed E-state index contributed by atoms with van der Waals surface area (Å²) in [6.45, 7) is 5.86. The molecule has 0 heterocycles. The number of nitrogens with zero attached hydrogens (tertiary/aromatic N) is 1. The quantitative estimate of drug-likeness (QED) is 0.671. The molecule has 1 rings (SSSR count). The molecule has 1 fully saturated rings. The Morgan fingerprint density at radius 1 is 1.57 bits per heavy atom. The van der Waals surface area contributed by atoms with Gasteiger partial charge >= 0.3 is 0 Å². The number of hydrogen-bond donors (Lipinski definition) is 0. The van der Waals surface area contributed by atoms with E-state index in [-0.39, 0.29) is 6.04 Å². The van der Waals surface area contributed by atoms with E-state index in [1.54, 1.807) is 7.11 Å². The molecule has 1 aliphatic carbocycles. The van der Waals surface area contributed by atoms with Crippen molar-refractivity contribution in [2.75, 3.05) is 20.3 Å². The Labute approximate surface area is 86.4 Å². The van der Waals surface area contributed by atoms with Gasteiger partial charge in [-0.25, -0.2) is 0 Å². The molecule has 0 radical (unpaired) electrons. The third-order valence-electron chi connectivity index (χ3n) is 2.89. The van der Waals surface area contributed by atoms with Gasteiger partial charge in [-0.15, -0.1) is 0 Å². The Morgan fingerprint density at radius 3 is 2.71 bits per heavy atom. The fraction of sp³-hybridized carbons (Fsp3) is 0.909. The van der Waals surface area contributed by atoms with E-state index in [1.807, 2.05) is 0 Å². The standard InChI is InChI=1S/C11H21NO2/c1-9(2)12(7-8-14-3)10-5-4-6-11(10)13/h9-10H,4-8H2,1-3H3. The van der Waals surface area contributed by atoms with Gasteiger partial charge in [0, 0.05) is 26.1 Å². The second-order valence-electron chi connectivity index (χ2n) is 4.20. The summed E-state index contributed by atoms with van der Waals surface area (Å²) in [6.07, 6.45) is 2.85. The summed E-state index contributed by atoms with van der Waals surface area (Å²) in [5, 5.41) is 0. The molecule has 3 heteroatoms. The van der Waals surface area contributed by atoms with Crippen LogP contribution in [0.4, 0.5) is 0 Å². The maximum atomic E-state index is 11.6. The molecule has 14 heavy (non-hydrogen) atoms. The number of ether oxygens (including phenoxy) is 1. The summed E-state index contributed by atoms with van der Waals surface area (Å²) in [5.74, 6) is 0.412. The summed E-state index contributed by atoms with van der Waals surface area (Å²) in [4.78, 5) is 13.9. The fourth-order valence-corrected chi connectivity index (χ4v) is 2.12. The first-order valence-electron chi connectivity index (χ1n) is 5.44. The van der Waals surface area contributed by atoms with Crippen LogP contribution in [-0.4, -0.2) is 43.0 Å². The van der Waals surface area contributed by atoms with Crippen LogP contribution in [0.1, 0.15) is 33.1 Å². The molecule has 0 N–H and O–H groups in total. The van der Waals surface area contributed by atoms with Crippen molar-refractivity contribution in [2.45, 2.75) is 45.2 Å². The van der Waals surface area contributed by atoms with Crippen molar-refractivity contribution in [3.63, 3.8) is 0 Å². The molecule has 0 aromatic rings. The van der Waals surface area contributed by atoms with Gasteiger partial charge in [-0.05, 0) is 26.7 Å². The zero-order valence-electron chi connectivity index (χ0n) is 9.45. The van der Waals surface area contributed by atoms with Crippen molar-refractivity contribution in [3.05, 3.63) is 0 Å². The summed E-state index contributed by atoms with van der Waals surface area (Å²) >= 11 is 0. The molecule has 0 bridgehead atoms. The Hall–Kier alpha value is -0.410. The molecule has 3 nitrogen and oxygen atoms in total. The van der Waals surface area contributed by atoms with Crippen LogP contribution in [0.2, 0.25) is 0 Å². The van der Waals surface area contributed by atoms with E-state index in [2.05, 4.69) is 18.7 Å². The molecular formula is C11H21NO2. The third kappa shape index (κ3) is 2.79. The van der Waals surface area contributed by atoms with Crippen LogP contribution in [-0.2, 0) is 9.53 Å². The van der Waals surface area contributed by atoms with Crippen LogP contribution in [0, 0.1) is 0 Å². The monoisotopic (exact) mass is 199 g/mol. The second kappa shape index (κ2) is 5.47. The van der Waals surface area contributed by atoms with Crippen LogP contribution >= 0.6 is 0 Å². The number of Topliss-reactive ketones (excluding diaryl/α,β-unsaturated/α-hetero) is 1. The van der Waals surface area contributed by atoms with E-state index in [4.69, 9.17) is 4.74 Å². The lowest BCUT2D eigenvalue weighted by atomic mass is 10.1. The van der Waals surface area contributed by atoms with Gasteiger partial charge in [0.25, 0.3) is 0 Å². The highest BCUT2D eigenvalue weighted by Gasteiger charge is 2.31. The van der Waals surface area contributed by atoms with Crippen LogP contribution in [0.25, 0.3) is 0 Å². The van der Waals surface area contributed by atoms with Crippen LogP contribution in [0.5, 0.6) is 0 Å². The summed E-state index contributed by atoms with van der Waals surface area (Å²) in [6, 6.07) is 0.586. The van der Waals surface area contributed by atoms with E-state index in [1.165, 1.54) is 0 Å². The number of hydrogen-bond acceptors (Lipinski definition) is 3. The number of methoxy groups -OCH3 is 1. The van der Waals surface area contributed by atoms with Crippen LogP contribution < -0.4 is 0 Å². The Morgan fingerprint density at radius 2 is 2.29 bits per heavy atom. The first kappa shape index (κ1) is 11.7. The SMILES string of the molecule is COCCN(C(C)C)C1CCCC1=O. The van der Waals surface area contributed by atoms with E-state index < -0.39 is 0 Å². The van der Waals surface area contributed by atoms with Crippen molar-refractivity contribution in [1.29, 1.82) is 0 Å². The van der Waals surface area contributed by atoms with E-state index in [0.29, 0.717) is 18.4 Å². The summed E-state index contributed by atoms with van der Waals surface area (Å²) in [5.41, 5.74) is 0. The highest BCUT2D eigenvalue weighted by Crippen LogP contribution is 2.21. The maximum absolute atomic E-state index is 11.6. The lowest BCUT2D eigenvalue weighted by Gasteiger charge is -2.31. The van der Waals surface area contributed by atoms with Crippen LogP contribution in [0.15, 0.2) is 0 Å². The predicted molar refractivity (Wildman–Crippen MR) is 56.4 cm³/mol. The molecule has 0 saturated heterocycles. The lowest BCUT2D eigenvalue weighted by molar-refractivity contribution is -0.122. The van der Waals surface area contributed by atoms with Gasteiger partial charge in [-0.1, -0.05) is 0 Å². The second-order valence-corrected chi connectivity index (χ2v) is 4.20. The van der Waals surface area contributed by atoms with Gasteiger partial charge in [-0.3, -0.25) is 9.69 Å². The molecule has 0 spiro atoms. The number of carbonyl (C=O) groups is 1. The van der Waals surface area contributed by atoms with Crippen molar-refractivity contribution in [2.24, 2.45) is 0 Å². The van der Waals surface area contributed by atoms with E-state index in [9.17, 15) is 4.79 Å². The number of rotatable bonds is 5. The van der Waals surface area contributed by atoms with Gasteiger partial charge in [-0.2, -0.15) is 0 Å². The van der Waals surface area contributed by atoms with Gasteiger partial charge in [0.15, 0.2) is 0 Å². The molecule has 0 aromatic heterocycles. The van der Waals surface area contributed by atoms with E-state index in [0.717, 1.165) is 25.8 Å². The van der Waals surface area contributed by atoms with Gasteiger partial charge in [0.05, 0.1) is 12.6 Å². The van der Waals surface area contributed by atoms with Crippen LogP contribution in [0.3, 0.4) is 0 Å². The highest BCUT2D eigenvalue weighted by molar-refractivity contribution is 5.85. The van der Waals surface area contributed by atoms with Gasteiger partial charge in [0.2, 0.25) is 0 Å². The van der Waals surface area contributed by atoms with Crippen molar-refractivity contribution < 1.29 is 9.53 Å². The minimum atomic E-state index is 0.158. The molecular weight excluding hydrogens is 178 g/mol.